The van der Waals surface area contributed by atoms with E-state index in [-0.39, 0.29) is 5.56 Å². The minimum Gasteiger partial charge on any atom is -0.321 e. The molecule has 0 fully saturated rings. The number of aryl methyl sites for hydroxylation is 1. The lowest BCUT2D eigenvalue weighted by Crippen LogP contribution is -2.14. The summed E-state index contributed by atoms with van der Waals surface area (Å²) in [5, 5.41) is 3.19. The topological polar surface area (TPSA) is 29.1 Å². The van der Waals surface area contributed by atoms with E-state index in [1.165, 1.54) is 6.07 Å². The van der Waals surface area contributed by atoms with Crippen LogP contribution in [0, 0.1) is 12.7 Å². The van der Waals surface area contributed by atoms with Crippen molar-refractivity contribution in [3.63, 3.8) is 0 Å². The molecule has 0 unspecified atom stereocenters. The van der Waals surface area contributed by atoms with Crippen LogP contribution in [0.4, 0.5) is 10.1 Å². The van der Waals surface area contributed by atoms with Crippen molar-refractivity contribution in [1.29, 1.82) is 0 Å². The van der Waals surface area contributed by atoms with Crippen LogP contribution < -0.4 is 5.32 Å². The van der Waals surface area contributed by atoms with Gasteiger partial charge >= 0.3 is 0 Å². The second-order valence-corrected chi connectivity index (χ2v) is 5.31. The summed E-state index contributed by atoms with van der Waals surface area (Å²) in [6.07, 6.45) is 0. The molecule has 0 radical (unpaired) electrons. The predicted molar refractivity (Wildman–Crippen MR) is 78.2 cm³/mol. The third kappa shape index (κ3) is 3.14. The maximum atomic E-state index is 13.8. The van der Waals surface area contributed by atoms with Gasteiger partial charge in [0.25, 0.3) is 5.91 Å². The van der Waals surface area contributed by atoms with Gasteiger partial charge in [-0.05, 0) is 52.7 Å². The Hall–Kier alpha value is -1.39. The molecule has 0 atom stereocenters. The lowest BCUT2D eigenvalue weighted by molar-refractivity contribution is 0.102. The van der Waals surface area contributed by atoms with Gasteiger partial charge in [-0.3, -0.25) is 4.79 Å². The van der Waals surface area contributed by atoms with Crippen LogP contribution in [0.15, 0.2) is 40.9 Å². The molecule has 0 bridgehead atoms. The van der Waals surface area contributed by atoms with Gasteiger partial charge in [-0.1, -0.05) is 23.7 Å². The first-order chi connectivity index (χ1) is 8.99. The van der Waals surface area contributed by atoms with Gasteiger partial charge in [0, 0.05) is 9.50 Å². The van der Waals surface area contributed by atoms with Crippen molar-refractivity contribution >= 4 is 39.1 Å². The summed E-state index contributed by atoms with van der Waals surface area (Å²) in [6.45, 7) is 1.62. The number of carbonyl (C=O) groups is 1. The average Bonchev–Trinajstić information content (AvgIpc) is 2.36. The Morgan fingerprint density at radius 2 is 2.05 bits per heavy atom. The van der Waals surface area contributed by atoms with Gasteiger partial charge in [-0.2, -0.15) is 0 Å². The molecule has 0 aliphatic carbocycles. The van der Waals surface area contributed by atoms with Crippen LogP contribution in [0.2, 0.25) is 5.02 Å². The van der Waals surface area contributed by atoms with Crippen molar-refractivity contribution in [1.82, 2.24) is 0 Å². The fourth-order valence-electron chi connectivity index (χ4n) is 1.60. The highest BCUT2D eigenvalue weighted by atomic mass is 79.9. The van der Waals surface area contributed by atoms with Crippen LogP contribution in [0.3, 0.4) is 0 Å². The van der Waals surface area contributed by atoms with E-state index in [1.54, 1.807) is 37.3 Å². The number of nitrogens with one attached hydrogen (secondary N) is 1. The second-order valence-electron chi connectivity index (χ2n) is 4.01. The summed E-state index contributed by atoms with van der Waals surface area (Å²) in [7, 11) is 0. The summed E-state index contributed by atoms with van der Waals surface area (Å²) in [5.41, 5.74) is 0.986. The predicted octanol–water partition coefficient (Wildman–Crippen LogP) is 4.80. The minimum atomic E-state index is -0.509. The van der Waals surface area contributed by atoms with E-state index in [1.807, 2.05) is 0 Å². The zero-order valence-corrected chi connectivity index (χ0v) is 12.3. The molecule has 2 nitrogen and oxygen atoms in total. The SMILES string of the molecule is Cc1cccc(C(=O)Nc2ccc(Cl)cc2Br)c1F. The third-order valence-electron chi connectivity index (χ3n) is 2.62. The monoisotopic (exact) mass is 341 g/mol. The number of benzene rings is 2. The molecule has 2 rings (SSSR count). The molecule has 0 aromatic heterocycles. The number of rotatable bonds is 2. The largest absolute Gasteiger partial charge is 0.321 e. The van der Waals surface area contributed by atoms with Crippen LogP contribution in [-0.4, -0.2) is 5.91 Å². The van der Waals surface area contributed by atoms with E-state index in [0.717, 1.165) is 0 Å². The molecule has 0 aliphatic rings. The molecule has 0 heterocycles. The van der Waals surface area contributed by atoms with Gasteiger partial charge in [0.1, 0.15) is 5.82 Å². The second kappa shape index (κ2) is 5.72. The summed E-state index contributed by atoms with van der Waals surface area (Å²) in [6, 6.07) is 9.66. The number of hydrogen-bond donors (Lipinski definition) is 1. The van der Waals surface area contributed by atoms with Gasteiger partial charge in [-0.25, -0.2) is 4.39 Å². The molecular weight excluding hydrogens is 333 g/mol. The average molecular weight is 343 g/mol. The van der Waals surface area contributed by atoms with Gasteiger partial charge in [0.05, 0.1) is 11.3 Å². The molecule has 0 saturated carbocycles. The smallest absolute Gasteiger partial charge is 0.258 e. The van der Waals surface area contributed by atoms with E-state index in [2.05, 4.69) is 21.2 Å². The summed E-state index contributed by atoms with van der Waals surface area (Å²) >= 11 is 9.10. The van der Waals surface area contributed by atoms with Crippen LogP contribution in [0.5, 0.6) is 0 Å². The standard InChI is InChI=1S/C14H10BrClFNO/c1-8-3-2-4-10(13(8)17)14(19)18-12-6-5-9(16)7-11(12)15/h2-7H,1H3,(H,18,19). The van der Waals surface area contributed by atoms with Crippen LogP contribution >= 0.6 is 27.5 Å². The Kier molecular flexibility index (Phi) is 4.22. The van der Waals surface area contributed by atoms with Crippen LogP contribution in [-0.2, 0) is 0 Å². The van der Waals surface area contributed by atoms with Gasteiger partial charge < -0.3 is 5.32 Å². The number of carbonyl (C=O) groups excluding carboxylic acids is 1. The highest BCUT2D eigenvalue weighted by molar-refractivity contribution is 9.10. The molecule has 2 aromatic rings. The Balaban J connectivity index is 2.28. The van der Waals surface area contributed by atoms with Crippen molar-refractivity contribution in [2.24, 2.45) is 0 Å². The van der Waals surface area contributed by atoms with Crippen LogP contribution in [0.25, 0.3) is 0 Å². The fourth-order valence-corrected chi connectivity index (χ4v) is 2.39. The molecule has 0 aliphatic heterocycles. The van der Waals surface area contributed by atoms with Gasteiger partial charge in [0.15, 0.2) is 0 Å². The number of hydrogen-bond acceptors (Lipinski definition) is 1. The summed E-state index contributed by atoms with van der Waals surface area (Å²) < 4.78 is 14.5. The first-order valence-corrected chi connectivity index (χ1v) is 6.67. The summed E-state index contributed by atoms with van der Waals surface area (Å²) in [4.78, 5) is 12.0. The lowest BCUT2D eigenvalue weighted by Gasteiger charge is -2.09. The molecule has 0 spiro atoms. The molecular formula is C14H10BrClFNO. The van der Waals surface area contributed by atoms with E-state index < -0.39 is 11.7 Å². The number of anilines is 1. The maximum Gasteiger partial charge on any atom is 0.258 e. The van der Waals surface area contributed by atoms with Crippen molar-refractivity contribution in [2.75, 3.05) is 5.32 Å². The molecule has 98 valence electrons. The number of halogens is 3. The Morgan fingerprint density at radius 1 is 1.32 bits per heavy atom. The molecule has 2 aromatic carbocycles. The third-order valence-corrected chi connectivity index (χ3v) is 3.51. The first kappa shape index (κ1) is 14.0. The molecule has 19 heavy (non-hydrogen) atoms. The van der Waals surface area contributed by atoms with Crippen molar-refractivity contribution in [3.05, 3.63) is 62.8 Å². The maximum absolute atomic E-state index is 13.8. The quantitative estimate of drug-likeness (QED) is 0.834. The zero-order valence-electron chi connectivity index (χ0n) is 10.0. The Labute approximate surface area is 123 Å². The van der Waals surface area contributed by atoms with E-state index in [9.17, 15) is 9.18 Å². The van der Waals surface area contributed by atoms with Crippen molar-refractivity contribution < 1.29 is 9.18 Å². The fraction of sp³-hybridized carbons (Fsp3) is 0.0714. The first-order valence-electron chi connectivity index (χ1n) is 5.50. The molecule has 1 N–H and O–H groups in total. The zero-order chi connectivity index (χ0) is 14.0. The van der Waals surface area contributed by atoms with E-state index in [4.69, 9.17) is 11.6 Å². The van der Waals surface area contributed by atoms with E-state index in [0.29, 0.717) is 20.7 Å². The van der Waals surface area contributed by atoms with E-state index >= 15 is 0 Å². The van der Waals surface area contributed by atoms with Crippen LogP contribution in [0.1, 0.15) is 15.9 Å². The summed E-state index contributed by atoms with van der Waals surface area (Å²) in [5.74, 6) is -1.01. The van der Waals surface area contributed by atoms with Gasteiger partial charge in [-0.15, -0.1) is 0 Å². The van der Waals surface area contributed by atoms with Crippen molar-refractivity contribution in [3.8, 4) is 0 Å². The normalized spacial score (nSPS) is 10.3. The minimum absolute atomic E-state index is 0.0156. The highest BCUT2D eigenvalue weighted by Crippen LogP contribution is 2.26. The lowest BCUT2D eigenvalue weighted by atomic mass is 10.1. The molecule has 0 saturated heterocycles. The Morgan fingerprint density at radius 3 is 2.74 bits per heavy atom. The van der Waals surface area contributed by atoms with Crippen molar-refractivity contribution in [2.45, 2.75) is 6.92 Å². The molecule has 5 heteroatoms. The Bertz CT molecular complexity index is 645. The molecule has 1 amide bonds. The number of amides is 1. The van der Waals surface area contributed by atoms with Gasteiger partial charge in [0.2, 0.25) is 0 Å². The highest BCUT2D eigenvalue weighted by Gasteiger charge is 2.14.